The SMILES string of the molecule is CC12C=CC(=O)C=C1CCC1C2C(O)CC2(C)C1CC1OCCCCOC12C(=O)CO. The Morgan fingerprint density at radius 3 is 2.81 bits per heavy atom. The Kier molecular flexibility index (Phi) is 5.09. The highest BCUT2D eigenvalue weighted by Gasteiger charge is 2.73. The van der Waals surface area contributed by atoms with Crippen molar-refractivity contribution in [2.45, 2.75) is 70.2 Å². The topological polar surface area (TPSA) is 93.1 Å². The summed E-state index contributed by atoms with van der Waals surface area (Å²) in [6, 6.07) is 0. The van der Waals surface area contributed by atoms with Crippen molar-refractivity contribution in [1.29, 1.82) is 0 Å². The number of hydrogen-bond acceptors (Lipinski definition) is 6. The number of ketones is 2. The molecule has 8 atom stereocenters. The maximum Gasteiger partial charge on any atom is 0.193 e. The van der Waals surface area contributed by atoms with Gasteiger partial charge in [0.25, 0.3) is 0 Å². The van der Waals surface area contributed by atoms with Crippen molar-refractivity contribution in [3.05, 3.63) is 23.8 Å². The Labute approximate surface area is 183 Å². The summed E-state index contributed by atoms with van der Waals surface area (Å²) in [5.74, 6) is 0.0257. The summed E-state index contributed by atoms with van der Waals surface area (Å²) in [4.78, 5) is 25.3. The lowest BCUT2D eigenvalue weighted by Crippen LogP contribution is -2.65. The molecule has 0 amide bonds. The average molecular weight is 431 g/mol. The van der Waals surface area contributed by atoms with Gasteiger partial charge in [0.1, 0.15) is 6.61 Å². The first-order valence-corrected chi connectivity index (χ1v) is 11.8. The van der Waals surface area contributed by atoms with E-state index in [0.29, 0.717) is 26.1 Å². The number of rotatable bonds is 2. The number of hydrogen-bond donors (Lipinski definition) is 2. The molecule has 4 aliphatic carbocycles. The molecule has 2 N–H and O–H groups in total. The molecule has 31 heavy (non-hydrogen) atoms. The highest BCUT2D eigenvalue weighted by molar-refractivity contribution is 6.01. The zero-order valence-electron chi connectivity index (χ0n) is 18.5. The van der Waals surface area contributed by atoms with E-state index < -0.39 is 29.8 Å². The fourth-order valence-electron chi connectivity index (χ4n) is 8.10. The molecule has 5 aliphatic rings. The molecule has 170 valence electrons. The van der Waals surface area contributed by atoms with Crippen LogP contribution in [0.3, 0.4) is 0 Å². The van der Waals surface area contributed by atoms with Crippen LogP contribution in [0.5, 0.6) is 0 Å². The van der Waals surface area contributed by atoms with Crippen LogP contribution in [-0.4, -0.2) is 59.4 Å². The molecule has 1 aliphatic heterocycles. The molecule has 0 aromatic rings. The van der Waals surface area contributed by atoms with Crippen molar-refractivity contribution >= 4 is 11.6 Å². The summed E-state index contributed by atoms with van der Waals surface area (Å²) < 4.78 is 12.6. The third-order valence-electron chi connectivity index (χ3n) is 9.40. The number of aliphatic hydroxyl groups is 2. The second-order valence-corrected chi connectivity index (χ2v) is 10.7. The van der Waals surface area contributed by atoms with Crippen molar-refractivity contribution in [2.24, 2.45) is 28.6 Å². The van der Waals surface area contributed by atoms with Gasteiger partial charge in [0.15, 0.2) is 17.2 Å². The van der Waals surface area contributed by atoms with E-state index in [-0.39, 0.29) is 34.7 Å². The van der Waals surface area contributed by atoms with E-state index in [4.69, 9.17) is 9.47 Å². The van der Waals surface area contributed by atoms with Crippen LogP contribution in [0, 0.1) is 28.6 Å². The number of allylic oxidation sites excluding steroid dienone is 4. The van der Waals surface area contributed by atoms with Crippen molar-refractivity contribution in [3.8, 4) is 0 Å². The monoisotopic (exact) mass is 430 g/mol. The minimum absolute atomic E-state index is 0.0132. The van der Waals surface area contributed by atoms with Gasteiger partial charge in [-0.1, -0.05) is 25.5 Å². The first-order chi connectivity index (χ1) is 14.8. The quantitative estimate of drug-likeness (QED) is 0.699. The fourth-order valence-corrected chi connectivity index (χ4v) is 8.10. The number of Topliss-reactive ketones (excluding diaryl/α,β-unsaturated/α-hetero) is 1. The average Bonchev–Trinajstić information content (AvgIpc) is 2.95. The lowest BCUT2D eigenvalue weighted by atomic mass is 9.46. The van der Waals surface area contributed by atoms with Crippen LogP contribution in [0.2, 0.25) is 0 Å². The second-order valence-electron chi connectivity index (χ2n) is 10.7. The van der Waals surface area contributed by atoms with Crippen LogP contribution < -0.4 is 0 Å². The van der Waals surface area contributed by atoms with Crippen molar-refractivity contribution in [2.75, 3.05) is 19.8 Å². The molecule has 0 radical (unpaired) electrons. The molecule has 4 fully saturated rings. The molecule has 6 heteroatoms. The van der Waals surface area contributed by atoms with Crippen molar-refractivity contribution in [1.82, 2.24) is 0 Å². The third kappa shape index (κ3) is 2.78. The standard InChI is InChI=1S/C25H34O6/c1-23-8-7-16(27)11-15(23)5-6-17-18-12-21-25(20(29)14-26,31-10-4-3-9-30-21)24(18,2)13-19(28)22(17)23/h7-8,11,17-19,21-22,26,28H,3-6,9-10,12-14H2,1-2H3. The molecular formula is C25H34O6. The van der Waals surface area contributed by atoms with Gasteiger partial charge < -0.3 is 19.7 Å². The first-order valence-electron chi connectivity index (χ1n) is 11.8. The van der Waals surface area contributed by atoms with Gasteiger partial charge in [0.05, 0.1) is 12.2 Å². The lowest BCUT2D eigenvalue weighted by molar-refractivity contribution is -0.217. The molecule has 0 aromatic heterocycles. The van der Waals surface area contributed by atoms with Crippen LogP contribution >= 0.6 is 0 Å². The number of fused-ring (bicyclic) bond motifs is 7. The van der Waals surface area contributed by atoms with E-state index in [2.05, 4.69) is 13.8 Å². The van der Waals surface area contributed by atoms with Gasteiger partial charge in [-0.15, -0.1) is 0 Å². The minimum atomic E-state index is -1.21. The van der Waals surface area contributed by atoms with Gasteiger partial charge in [-0.25, -0.2) is 0 Å². The molecule has 0 bridgehead atoms. The maximum absolute atomic E-state index is 13.3. The van der Waals surface area contributed by atoms with E-state index in [1.807, 2.05) is 6.08 Å². The van der Waals surface area contributed by atoms with Gasteiger partial charge in [-0.3, -0.25) is 9.59 Å². The van der Waals surface area contributed by atoms with Gasteiger partial charge >= 0.3 is 0 Å². The predicted molar refractivity (Wildman–Crippen MR) is 113 cm³/mol. The third-order valence-corrected chi connectivity index (χ3v) is 9.40. The molecule has 0 aromatic carbocycles. The van der Waals surface area contributed by atoms with Crippen LogP contribution in [0.15, 0.2) is 23.8 Å². The summed E-state index contributed by atoms with van der Waals surface area (Å²) in [7, 11) is 0. The van der Waals surface area contributed by atoms with Gasteiger partial charge in [-0.05, 0) is 62.5 Å². The first kappa shape index (κ1) is 21.5. The van der Waals surface area contributed by atoms with Crippen molar-refractivity contribution < 1.29 is 29.3 Å². The summed E-state index contributed by atoms with van der Waals surface area (Å²) in [6.07, 6.45) is 8.88. The number of carbonyl (C=O) groups excluding carboxylic acids is 2. The van der Waals surface area contributed by atoms with Crippen molar-refractivity contribution in [3.63, 3.8) is 0 Å². The molecule has 0 spiro atoms. The number of carbonyl (C=O) groups is 2. The highest BCUT2D eigenvalue weighted by atomic mass is 16.6. The van der Waals surface area contributed by atoms with Crippen LogP contribution in [-0.2, 0) is 19.1 Å². The van der Waals surface area contributed by atoms with Crippen LogP contribution in [0.1, 0.15) is 52.4 Å². The van der Waals surface area contributed by atoms with Gasteiger partial charge in [0.2, 0.25) is 0 Å². The smallest absolute Gasteiger partial charge is 0.193 e. The molecule has 1 saturated heterocycles. The Bertz CT molecular complexity index is 847. The molecule has 6 nitrogen and oxygen atoms in total. The zero-order valence-corrected chi connectivity index (χ0v) is 18.5. The Balaban J connectivity index is 1.59. The van der Waals surface area contributed by atoms with E-state index >= 15 is 0 Å². The second kappa shape index (κ2) is 7.34. The molecule has 1 heterocycles. The Morgan fingerprint density at radius 2 is 2.03 bits per heavy atom. The zero-order chi connectivity index (χ0) is 22.0. The highest BCUT2D eigenvalue weighted by Crippen LogP contribution is 2.68. The molecule has 3 saturated carbocycles. The summed E-state index contributed by atoms with van der Waals surface area (Å²) in [5, 5.41) is 21.5. The van der Waals surface area contributed by atoms with E-state index in [9.17, 15) is 19.8 Å². The number of ether oxygens (including phenoxy) is 2. The molecule has 8 unspecified atom stereocenters. The summed E-state index contributed by atoms with van der Waals surface area (Å²) in [5.41, 5.74) is -1.06. The lowest BCUT2D eigenvalue weighted by Gasteiger charge is -2.60. The van der Waals surface area contributed by atoms with Crippen LogP contribution in [0.4, 0.5) is 0 Å². The fraction of sp³-hybridized carbons (Fsp3) is 0.760. The largest absolute Gasteiger partial charge is 0.393 e. The number of aliphatic hydroxyl groups excluding tert-OH is 2. The van der Waals surface area contributed by atoms with Crippen LogP contribution in [0.25, 0.3) is 0 Å². The van der Waals surface area contributed by atoms with E-state index in [1.54, 1.807) is 12.2 Å². The van der Waals surface area contributed by atoms with E-state index in [0.717, 1.165) is 31.3 Å². The van der Waals surface area contributed by atoms with E-state index in [1.165, 1.54) is 0 Å². The van der Waals surface area contributed by atoms with Gasteiger partial charge in [0, 0.05) is 30.0 Å². The summed E-state index contributed by atoms with van der Waals surface area (Å²) in [6.45, 7) is 4.69. The minimum Gasteiger partial charge on any atom is -0.393 e. The van der Waals surface area contributed by atoms with Gasteiger partial charge in [-0.2, -0.15) is 0 Å². The predicted octanol–water partition coefficient (Wildman–Crippen LogP) is 2.37. The molecule has 5 rings (SSSR count). The Hall–Kier alpha value is -1.34. The maximum atomic E-state index is 13.3. The molecular weight excluding hydrogens is 396 g/mol. The normalized spacial score (nSPS) is 49.1. The summed E-state index contributed by atoms with van der Waals surface area (Å²) >= 11 is 0. The Morgan fingerprint density at radius 1 is 1.26 bits per heavy atom.